The average molecular weight is 378 g/mol. The lowest BCUT2D eigenvalue weighted by molar-refractivity contribution is -0.385. The molecule has 0 saturated heterocycles. The molecule has 0 unspecified atom stereocenters. The van der Waals surface area contributed by atoms with Crippen LogP contribution in [0.1, 0.15) is 38.4 Å². The average Bonchev–Trinajstić information content (AvgIpc) is 2.89. The lowest BCUT2D eigenvalue weighted by Crippen LogP contribution is -2.12. The van der Waals surface area contributed by atoms with E-state index in [9.17, 15) is 14.9 Å². The molecule has 0 aliphatic heterocycles. The van der Waals surface area contributed by atoms with Gasteiger partial charge in [0.1, 0.15) is 0 Å². The molecule has 7 heteroatoms. The number of aryl methyl sites for hydroxylation is 3. The molecule has 0 fully saturated rings. The summed E-state index contributed by atoms with van der Waals surface area (Å²) in [6, 6.07) is 12.0. The number of nitrogens with zero attached hydrogens (tertiary/aromatic N) is 3. The summed E-state index contributed by atoms with van der Waals surface area (Å²) in [5.74, 6) is -0.380. The minimum absolute atomic E-state index is 0.0646. The Bertz CT molecular complexity index is 1050. The van der Waals surface area contributed by atoms with Gasteiger partial charge in [-0.1, -0.05) is 18.2 Å². The minimum Gasteiger partial charge on any atom is -0.322 e. The minimum atomic E-state index is -0.483. The number of nitrogens with one attached hydrogen (secondary N) is 1. The molecular formula is C21H22N4O3. The highest BCUT2D eigenvalue weighted by atomic mass is 16.6. The highest BCUT2D eigenvalue weighted by Gasteiger charge is 2.15. The molecule has 3 rings (SSSR count). The number of carbonyl (C=O) groups excluding carboxylic acids is 1. The Morgan fingerprint density at radius 1 is 1.14 bits per heavy atom. The summed E-state index contributed by atoms with van der Waals surface area (Å²) < 4.78 is 1.88. The van der Waals surface area contributed by atoms with Crippen LogP contribution in [0.4, 0.5) is 11.4 Å². The number of anilines is 1. The van der Waals surface area contributed by atoms with E-state index >= 15 is 0 Å². The van der Waals surface area contributed by atoms with Crippen LogP contribution in [0.2, 0.25) is 0 Å². The van der Waals surface area contributed by atoms with Gasteiger partial charge in [-0.2, -0.15) is 5.10 Å². The third-order valence-corrected chi connectivity index (χ3v) is 4.92. The van der Waals surface area contributed by atoms with Crippen molar-refractivity contribution in [3.8, 4) is 0 Å². The Morgan fingerprint density at radius 3 is 2.39 bits per heavy atom. The number of nitro groups is 1. The molecule has 0 radical (unpaired) electrons. The van der Waals surface area contributed by atoms with E-state index in [-0.39, 0.29) is 17.2 Å². The first kappa shape index (κ1) is 19.3. The number of benzene rings is 2. The molecule has 2 aromatic carbocycles. The lowest BCUT2D eigenvalue weighted by atomic mass is 10.0. The quantitative estimate of drug-likeness (QED) is 0.535. The fourth-order valence-electron chi connectivity index (χ4n) is 3.13. The molecule has 7 nitrogen and oxygen atoms in total. The molecule has 1 N–H and O–H groups in total. The lowest BCUT2D eigenvalue weighted by Gasteiger charge is -2.08. The Balaban J connectivity index is 1.73. The van der Waals surface area contributed by atoms with Crippen LogP contribution >= 0.6 is 0 Å². The maximum Gasteiger partial charge on any atom is 0.273 e. The van der Waals surface area contributed by atoms with Gasteiger partial charge in [0.2, 0.25) is 0 Å². The van der Waals surface area contributed by atoms with Crippen LogP contribution in [0.5, 0.6) is 0 Å². The third-order valence-electron chi connectivity index (χ3n) is 4.92. The zero-order chi connectivity index (χ0) is 20.4. The number of rotatable bonds is 5. The third kappa shape index (κ3) is 3.93. The molecule has 0 atom stereocenters. The fraction of sp³-hybridized carbons (Fsp3) is 0.238. The monoisotopic (exact) mass is 378 g/mol. The first-order chi connectivity index (χ1) is 13.3. The maximum absolute atomic E-state index is 12.4. The van der Waals surface area contributed by atoms with Crippen LogP contribution < -0.4 is 5.32 Å². The van der Waals surface area contributed by atoms with Crippen LogP contribution in [0, 0.1) is 30.9 Å². The zero-order valence-electron chi connectivity index (χ0n) is 16.3. The second-order valence-corrected chi connectivity index (χ2v) is 6.86. The van der Waals surface area contributed by atoms with Gasteiger partial charge in [-0.3, -0.25) is 19.6 Å². The first-order valence-corrected chi connectivity index (χ1v) is 8.90. The van der Waals surface area contributed by atoms with Crippen molar-refractivity contribution in [3.05, 3.63) is 86.2 Å². The first-order valence-electron chi connectivity index (χ1n) is 8.90. The smallest absolute Gasteiger partial charge is 0.273 e. The van der Waals surface area contributed by atoms with Gasteiger partial charge in [0.15, 0.2) is 0 Å². The highest BCUT2D eigenvalue weighted by Crippen LogP contribution is 2.21. The summed E-state index contributed by atoms with van der Waals surface area (Å²) >= 11 is 0. The standard InChI is InChI=1S/C21H22N4O3/c1-13-5-8-17(12-20(13)25(27)28)21(26)22-18-9-6-16(7-10-18)11-19-14(2)23-24(4)15(19)3/h5-10,12H,11H2,1-4H3,(H,22,26). The van der Waals surface area contributed by atoms with Gasteiger partial charge in [-0.25, -0.2) is 0 Å². The number of hydrogen-bond acceptors (Lipinski definition) is 4. The van der Waals surface area contributed by atoms with Crippen molar-refractivity contribution >= 4 is 17.3 Å². The Hall–Kier alpha value is -3.48. The summed E-state index contributed by atoms with van der Waals surface area (Å²) in [5.41, 5.74) is 5.81. The fourth-order valence-corrected chi connectivity index (χ4v) is 3.13. The molecule has 3 aromatic rings. The molecule has 0 aliphatic carbocycles. The van der Waals surface area contributed by atoms with Gasteiger partial charge in [-0.05, 0) is 44.5 Å². The van der Waals surface area contributed by atoms with E-state index in [1.807, 2.05) is 49.8 Å². The van der Waals surface area contributed by atoms with Crippen LogP contribution in [-0.2, 0) is 13.5 Å². The molecule has 0 aliphatic rings. The van der Waals surface area contributed by atoms with Crippen molar-refractivity contribution in [1.82, 2.24) is 9.78 Å². The molecular weight excluding hydrogens is 356 g/mol. The zero-order valence-corrected chi connectivity index (χ0v) is 16.3. The number of carbonyl (C=O) groups is 1. The van der Waals surface area contributed by atoms with E-state index in [2.05, 4.69) is 10.4 Å². The molecule has 144 valence electrons. The van der Waals surface area contributed by atoms with E-state index in [0.717, 1.165) is 23.4 Å². The summed E-state index contributed by atoms with van der Waals surface area (Å²) in [7, 11) is 1.93. The van der Waals surface area contributed by atoms with E-state index in [1.165, 1.54) is 11.6 Å². The molecule has 1 aromatic heterocycles. The van der Waals surface area contributed by atoms with Gasteiger partial charge in [0.05, 0.1) is 10.6 Å². The molecule has 28 heavy (non-hydrogen) atoms. The van der Waals surface area contributed by atoms with Gasteiger partial charge < -0.3 is 5.32 Å². The Labute approximate surface area is 163 Å². The topological polar surface area (TPSA) is 90.1 Å². The molecule has 0 saturated carbocycles. The summed E-state index contributed by atoms with van der Waals surface area (Å²) in [6.07, 6.45) is 0.768. The molecule has 0 spiro atoms. The summed E-state index contributed by atoms with van der Waals surface area (Å²) in [4.78, 5) is 23.0. The number of hydrogen-bond donors (Lipinski definition) is 1. The van der Waals surface area contributed by atoms with Gasteiger partial charge >= 0.3 is 0 Å². The Kier molecular flexibility index (Phi) is 5.26. The molecule has 1 heterocycles. The van der Waals surface area contributed by atoms with Crippen molar-refractivity contribution in [2.75, 3.05) is 5.32 Å². The predicted molar refractivity (Wildman–Crippen MR) is 108 cm³/mol. The van der Waals surface area contributed by atoms with Crippen molar-refractivity contribution in [2.45, 2.75) is 27.2 Å². The van der Waals surface area contributed by atoms with Gasteiger partial charge in [0.25, 0.3) is 11.6 Å². The number of amides is 1. The number of nitro benzene ring substituents is 1. The van der Waals surface area contributed by atoms with E-state index < -0.39 is 4.92 Å². The molecule has 0 bridgehead atoms. The van der Waals surface area contributed by atoms with Crippen molar-refractivity contribution in [3.63, 3.8) is 0 Å². The summed E-state index contributed by atoms with van der Waals surface area (Å²) in [6.45, 7) is 5.69. The van der Waals surface area contributed by atoms with Crippen LogP contribution in [0.25, 0.3) is 0 Å². The normalized spacial score (nSPS) is 10.7. The van der Waals surface area contributed by atoms with Crippen LogP contribution in [0.3, 0.4) is 0 Å². The Morgan fingerprint density at radius 2 is 1.82 bits per heavy atom. The van der Waals surface area contributed by atoms with Crippen LogP contribution in [-0.4, -0.2) is 20.6 Å². The van der Waals surface area contributed by atoms with Crippen molar-refractivity contribution < 1.29 is 9.72 Å². The van der Waals surface area contributed by atoms with Crippen LogP contribution in [0.15, 0.2) is 42.5 Å². The van der Waals surface area contributed by atoms with Gasteiger partial charge in [-0.15, -0.1) is 0 Å². The van der Waals surface area contributed by atoms with Gasteiger partial charge in [0, 0.05) is 47.6 Å². The van der Waals surface area contributed by atoms with E-state index in [1.54, 1.807) is 19.1 Å². The second-order valence-electron chi connectivity index (χ2n) is 6.86. The maximum atomic E-state index is 12.4. The summed E-state index contributed by atoms with van der Waals surface area (Å²) in [5, 5.41) is 18.3. The van der Waals surface area contributed by atoms with Crippen molar-refractivity contribution in [1.29, 1.82) is 0 Å². The highest BCUT2D eigenvalue weighted by molar-refractivity contribution is 6.04. The molecule has 1 amide bonds. The second kappa shape index (κ2) is 7.64. The van der Waals surface area contributed by atoms with E-state index in [4.69, 9.17) is 0 Å². The SMILES string of the molecule is Cc1ccc(C(=O)Nc2ccc(Cc3c(C)nn(C)c3C)cc2)cc1[N+](=O)[O-]. The predicted octanol–water partition coefficient (Wildman–Crippen LogP) is 4.10. The van der Waals surface area contributed by atoms with E-state index in [0.29, 0.717) is 11.3 Å². The number of aromatic nitrogens is 2. The largest absolute Gasteiger partial charge is 0.322 e. The van der Waals surface area contributed by atoms with Crippen molar-refractivity contribution in [2.24, 2.45) is 7.05 Å².